The molecule has 3 rings (SSSR count). The standard InChI is InChI=1S/C20H18ClF6N3O/c21-15-7-3-5-13(11-15)17(31)29-18(19(22,23)24,20(25,26)27)30-10-2-1-8-16(30)14-6-4-9-28-12-14/h3-7,9,11-12,16H,1-2,8,10H2,(H,29,31)/t16-/m1/s1. The van der Waals surface area contributed by atoms with Crippen LogP contribution in [0.3, 0.4) is 0 Å². The highest BCUT2D eigenvalue weighted by molar-refractivity contribution is 6.30. The first kappa shape index (κ1) is 23.3. The summed E-state index contributed by atoms with van der Waals surface area (Å²) in [4.78, 5) is 16.7. The molecule has 1 amide bonds. The van der Waals surface area contributed by atoms with Gasteiger partial charge in [-0.25, -0.2) is 0 Å². The highest BCUT2D eigenvalue weighted by Gasteiger charge is 2.76. The van der Waals surface area contributed by atoms with Crippen molar-refractivity contribution < 1.29 is 31.1 Å². The fraction of sp³-hybridized carbons (Fsp3) is 0.400. The summed E-state index contributed by atoms with van der Waals surface area (Å²) in [5.41, 5.74) is -4.81. The average Bonchev–Trinajstić information content (AvgIpc) is 2.70. The van der Waals surface area contributed by atoms with Gasteiger partial charge in [-0.1, -0.05) is 30.2 Å². The number of nitrogens with one attached hydrogen (secondary N) is 1. The molecule has 2 aromatic rings. The van der Waals surface area contributed by atoms with E-state index in [4.69, 9.17) is 11.6 Å². The van der Waals surface area contributed by atoms with Gasteiger partial charge < -0.3 is 5.32 Å². The predicted molar refractivity (Wildman–Crippen MR) is 101 cm³/mol. The van der Waals surface area contributed by atoms with Crippen LogP contribution in [0.25, 0.3) is 0 Å². The number of carbonyl (C=O) groups excluding carboxylic acids is 1. The van der Waals surface area contributed by atoms with Crippen molar-refractivity contribution in [1.29, 1.82) is 0 Å². The molecule has 0 spiro atoms. The molecule has 0 aliphatic carbocycles. The number of nitrogens with zero attached hydrogens (tertiary/aromatic N) is 2. The number of hydrogen-bond acceptors (Lipinski definition) is 3. The lowest BCUT2D eigenvalue weighted by Gasteiger charge is -2.50. The summed E-state index contributed by atoms with van der Waals surface area (Å²) >= 11 is 5.75. The van der Waals surface area contributed by atoms with Crippen molar-refractivity contribution in [1.82, 2.24) is 15.2 Å². The van der Waals surface area contributed by atoms with Gasteiger partial charge in [-0.3, -0.25) is 14.7 Å². The number of benzene rings is 1. The quantitative estimate of drug-likeness (QED) is 0.605. The summed E-state index contributed by atoms with van der Waals surface area (Å²) < 4.78 is 85.7. The van der Waals surface area contributed by atoms with Gasteiger partial charge in [-0.05, 0) is 42.7 Å². The number of aromatic nitrogens is 1. The topological polar surface area (TPSA) is 45.2 Å². The minimum atomic E-state index is -5.86. The van der Waals surface area contributed by atoms with Crippen LogP contribution in [0.4, 0.5) is 26.3 Å². The molecule has 11 heteroatoms. The normalized spacial score (nSPS) is 18.6. The third-order valence-corrected chi connectivity index (χ3v) is 5.44. The molecule has 1 aromatic carbocycles. The summed E-state index contributed by atoms with van der Waals surface area (Å²) in [6.07, 6.45) is -8.53. The van der Waals surface area contributed by atoms with Crippen LogP contribution < -0.4 is 5.32 Å². The van der Waals surface area contributed by atoms with E-state index in [1.54, 1.807) is 0 Å². The van der Waals surface area contributed by atoms with Crippen LogP contribution in [0, 0.1) is 0 Å². The summed E-state index contributed by atoms with van der Waals surface area (Å²) in [5.74, 6) is -1.53. The molecule has 1 aromatic heterocycles. The fourth-order valence-electron chi connectivity index (χ4n) is 3.82. The Morgan fingerprint density at radius 2 is 1.77 bits per heavy atom. The minimum Gasteiger partial charge on any atom is -0.318 e. The zero-order valence-corrected chi connectivity index (χ0v) is 16.7. The Hall–Kier alpha value is -2.33. The molecule has 4 nitrogen and oxygen atoms in total. The lowest BCUT2D eigenvalue weighted by Crippen LogP contribution is -2.77. The summed E-state index contributed by atoms with van der Waals surface area (Å²) in [6.45, 7) is -0.519. The van der Waals surface area contributed by atoms with Gasteiger partial charge in [0, 0.05) is 35.6 Å². The number of likely N-dealkylation sites (tertiary alicyclic amines) is 1. The molecule has 31 heavy (non-hydrogen) atoms. The number of pyridine rings is 1. The second kappa shape index (κ2) is 8.66. The maximum atomic E-state index is 14.3. The molecule has 1 aliphatic heterocycles. The van der Waals surface area contributed by atoms with Crippen molar-refractivity contribution in [3.8, 4) is 0 Å². The molecule has 1 aliphatic rings. The second-order valence-electron chi connectivity index (χ2n) is 7.16. The predicted octanol–water partition coefficient (Wildman–Crippen LogP) is 5.51. The van der Waals surface area contributed by atoms with E-state index in [-0.39, 0.29) is 28.3 Å². The molecular formula is C20H18ClF6N3O. The SMILES string of the molecule is O=C(NC(N1CCCC[C@@H]1c1cccnc1)(C(F)(F)F)C(F)(F)F)c1cccc(Cl)c1. The number of hydrogen-bond donors (Lipinski definition) is 1. The van der Waals surface area contributed by atoms with Crippen molar-refractivity contribution in [2.45, 2.75) is 43.3 Å². The summed E-state index contributed by atoms with van der Waals surface area (Å²) in [5, 5.41) is 1.28. The maximum Gasteiger partial charge on any atom is 0.434 e. The van der Waals surface area contributed by atoms with E-state index >= 15 is 0 Å². The van der Waals surface area contributed by atoms with Gasteiger partial charge in [0.25, 0.3) is 11.6 Å². The Morgan fingerprint density at radius 3 is 2.35 bits per heavy atom. The largest absolute Gasteiger partial charge is 0.434 e. The van der Waals surface area contributed by atoms with E-state index in [2.05, 4.69) is 4.98 Å². The van der Waals surface area contributed by atoms with Gasteiger partial charge >= 0.3 is 12.4 Å². The number of amides is 1. The van der Waals surface area contributed by atoms with Gasteiger partial charge in [0.15, 0.2) is 0 Å². The summed E-state index contributed by atoms with van der Waals surface area (Å²) in [7, 11) is 0. The lowest BCUT2D eigenvalue weighted by atomic mass is 9.91. The van der Waals surface area contributed by atoms with E-state index in [1.807, 2.05) is 0 Å². The molecule has 0 radical (unpaired) electrons. The zero-order chi connectivity index (χ0) is 22.9. The van der Waals surface area contributed by atoms with Crippen LogP contribution in [-0.4, -0.2) is 40.4 Å². The highest BCUT2D eigenvalue weighted by Crippen LogP contribution is 2.50. The fourth-order valence-corrected chi connectivity index (χ4v) is 4.01. The second-order valence-corrected chi connectivity index (χ2v) is 7.60. The van der Waals surface area contributed by atoms with Crippen LogP contribution in [-0.2, 0) is 0 Å². The van der Waals surface area contributed by atoms with Crippen LogP contribution in [0.5, 0.6) is 0 Å². The van der Waals surface area contributed by atoms with Crippen molar-refractivity contribution in [2.75, 3.05) is 6.54 Å². The Bertz CT molecular complexity index is 905. The monoisotopic (exact) mass is 465 g/mol. The van der Waals surface area contributed by atoms with E-state index in [1.165, 1.54) is 42.0 Å². The third kappa shape index (κ3) is 4.50. The van der Waals surface area contributed by atoms with Crippen molar-refractivity contribution >= 4 is 17.5 Å². The lowest BCUT2D eigenvalue weighted by molar-refractivity contribution is -0.356. The first-order valence-corrected chi connectivity index (χ1v) is 9.73. The minimum absolute atomic E-state index is 0.00322. The molecule has 1 N–H and O–H groups in total. The molecule has 168 valence electrons. The molecule has 2 heterocycles. The van der Waals surface area contributed by atoms with Gasteiger partial charge in [0.05, 0.1) is 0 Å². The van der Waals surface area contributed by atoms with Crippen LogP contribution >= 0.6 is 11.6 Å². The zero-order valence-electron chi connectivity index (χ0n) is 16.0. The molecule has 1 saturated heterocycles. The van der Waals surface area contributed by atoms with E-state index in [0.29, 0.717) is 6.42 Å². The van der Waals surface area contributed by atoms with Gasteiger partial charge in [0.2, 0.25) is 0 Å². The van der Waals surface area contributed by atoms with Crippen LogP contribution in [0.2, 0.25) is 5.02 Å². The van der Waals surface area contributed by atoms with Crippen LogP contribution in [0.15, 0.2) is 48.8 Å². The third-order valence-electron chi connectivity index (χ3n) is 5.20. The van der Waals surface area contributed by atoms with Gasteiger partial charge in [-0.2, -0.15) is 26.3 Å². The number of rotatable bonds is 4. The highest BCUT2D eigenvalue weighted by atomic mass is 35.5. The van der Waals surface area contributed by atoms with Crippen molar-refractivity contribution in [3.05, 3.63) is 64.9 Å². The van der Waals surface area contributed by atoms with Crippen molar-refractivity contribution in [2.24, 2.45) is 0 Å². The Balaban J connectivity index is 2.14. The number of alkyl halides is 6. The number of halogens is 7. The van der Waals surface area contributed by atoms with E-state index in [0.717, 1.165) is 12.1 Å². The molecule has 1 fully saturated rings. The Morgan fingerprint density at radius 1 is 1.06 bits per heavy atom. The number of carbonyl (C=O) groups is 1. The first-order valence-electron chi connectivity index (χ1n) is 9.35. The average molecular weight is 466 g/mol. The maximum absolute atomic E-state index is 14.3. The smallest absolute Gasteiger partial charge is 0.318 e. The van der Waals surface area contributed by atoms with E-state index in [9.17, 15) is 31.1 Å². The molecule has 0 saturated carbocycles. The van der Waals surface area contributed by atoms with E-state index < -0.39 is 42.1 Å². The summed E-state index contributed by atoms with van der Waals surface area (Å²) in [6, 6.07) is 6.32. The van der Waals surface area contributed by atoms with Crippen LogP contribution in [0.1, 0.15) is 41.2 Å². The van der Waals surface area contributed by atoms with Crippen molar-refractivity contribution in [3.63, 3.8) is 0 Å². The van der Waals surface area contributed by atoms with Gasteiger partial charge in [-0.15, -0.1) is 0 Å². The first-order chi connectivity index (χ1) is 14.5. The molecular weight excluding hydrogens is 448 g/mol. The molecule has 0 bridgehead atoms. The Kier molecular flexibility index (Phi) is 6.52. The molecule has 0 unspecified atom stereocenters. The van der Waals surface area contributed by atoms with Gasteiger partial charge in [0.1, 0.15) is 0 Å². The Labute approximate surface area is 179 Å². The molecule has 1 atom stereocenters. The number of piperidine rings is 1.